The minimum atomic E-state index is -0.276. The number of esters is 1. The molecule has 2 heterocycles. The maximum Gasteiger partial charge on any atom is 0.306 e. The zero-order valence-electron chi connectivity index (χ0n) is 22.8. The number of rotatable bonds is 12. The van der Waals surface area contributed by atoms with E-state index < -0.39 is 0 Å². The zero-order chi connectivity index (χ0) is 27.5. The Labute approximate surface area is 225 Å². The Bertz CT molecular complexity index is 1120. The molecular formula is C29H38N4O5. The molecule has 1 atom stereocenters. The van der Waals surface area contributed by atoms with Gasteiger partial charge in [0, 0.05) is 45.3 Å². The van der Waals surface area contributed by atoms with Crippen LogP contribution in [0.25, 0.3) is 0 Å². The molecule has 1 fully saturated rings. The number of nitriles is 1. The molecule has 0 N–H and O–H groups in total. The van der Waals surface area contributed by atoms with Gasteiger partial charge >= 0.3 is 5.97 Å². The van der Waals surface area contributed by atoms with Gasteiger partial charge in [-0.1, -0.05) is 44.2 Å². The van der Waals surface area contributed by atoms with E-state index >= 15 is 0 Å². The highest BCUT2D eigenvalue weighted by Crippen LogP contribution is 2.32. The number of hydrogen-bond donors (Lipinski definition) is 0. The fraction of sp³-hybridized carbons (Fsp3) is 0.517. The molecule has 204 valence electrons. The quantitative estimate of drug-likeness (QED) is 0.304. The van der Waals surface area contributed by atoms with Gasteiger partial charge in [0.05, 0.1) is 30.9 Å². The molecule has 0 unspecified atom stereocenters. The van der Waals surface area contributed by atoms with Gasteiger partial charge in [-0.15, -0.1) is 0 Å². The molecule has 1 aromatic heterocycles. The number of anilines is 1. The number of benzene rings is 1. The normalized spacial score (nSPS) is 15.3. The molecule has 1 saturated heterocycles. The summed E-state index contributed by atoms with van der Waals surface area (Å²) in [5, 5.41) is 9.89. The van der Waals surface area contributed by atoms with Gasteiger partial charge < -0.3 is 24.0 Å². The van der Waals surface area contributed by atoms with E-state index in [1.807, 2.05) is 56.0 Å². The summed E-state index contributed by atoms with van der Waals surface area (Å²) in [5.41, 5.74) is 2.14. The van der Waals surface area contributed by atoms with Crippen molar-refractivity contribution in [2.45, 2.75) is 58.6 Å². The number of nitrogens with zero attached hydrogens (tertiary/aromatic N) is 4. The Hall–Kier alpha value is -3.64. The standard InChI is InChI=1S/C29H38N4O5/c1-21(2)28-25(37-15-8-11-27(35)38-20-23-9-6-5-7-10-23)17-24(18-30)29(31-28)32-13-14-33(22(3)19-32)26(34)12-16-36-4/h5-7,9-10,17,21-22H,8,11-16,19-20H2,1-4H3/t22-/m1/s1. The molecule has 0 radical (unpaired) electrons. The van der Waals surface area contributed by atoms with Crippen LogP contribution < -0.4 is 9.64 Å². The van der Waals surface area contributed by atoms with Crippen molar-refractivity contribution >= 4 is 17.7 Å². The lowest BCUT2D eigenvalue weighted by atomic mass is 10.1. The number of hydrogen-bond acceptors (Lipinski definition) is 8. The van der Waals surface area contributed by atoms with Crippen molar-refractivity contribution in [3.63, 3.8) is 0 Å². The van der Waals surface area contributed by atoms with E-state index in [1.54, 1.807) is 13.2 Å². The van der Waals surface area contributed by atoms with Crippen LogP contribution in [0.2, 0.25) is 0 Å². The van der Waals surface area contributed by atoms with E-state index in [4.69, 9.17) is 19.2 Å². The number of amides is 1. The monoisotopic (exact) mass is 522 g/mol. The predicted octanol–water partition coefficient (Wildman–Crippen LogP) is 4.05. The summed E-state index contributed by atoms with van der Waals surface area (Å²) >= 11 is 0. The predicted molar refractivity (Wildman–Crippen MR) is 144 cm³/mol. The number of aromatic nitrogens is 1. The van der Waals surface area contributed by atoms with Crippen LogP contribution in [0.1, 0.15) is 62.8 Å². The Balaban J connectivity index is 1.60. The average molecular weight is 523 g/mol. The van der Waals surface area contributed by atoms with Gasteiger partial charge in [-0.2, -0.15) is 5.26 Å². The lowest BCUT2D eigenvalue weighted by molar-refractivity contribution is -0.145. The molecule has 0 saturated carbocycles. The van der Waals surface area contributed by atoms with E-state index in [0.29, 0.717) is 62.8 Å². The number of ether oxygens (including phenoxy) is 3. The zero-order valence-corrected chi connectivity index (χ0v) is 22.8. The molecule has 3 rings (SSSR count). The second-order valence-electron chi connectivity index (χ2n) is 9.73. The highest BCUT2D eigenvalue weighted by molar-refractivity contribution is 5.77. The van der Waals surface area contributed by atoms with Gasteiger partial charge in [0.1, 0.15) is 24.2 Å². The topological polar surface area (TPSA) is 105 Å². The summed E-state index contributed by atoms with van der Waals surface area (Å²) in [6.45, 7) is 8.77. The third-order valence-electron chi connectivity index (χ3n) is 6.46. The van der Waals surface area contributed by atoms with Crippen molar-refractivity contribution in [1.82, 2.24) is 9.88 Å². The summed E-state index contributed by atoms with van der Waals surface area (Å²) < 4.78 is 16.4. The number of carbonyl (C=O) groups is 2. The second-order valence-corrected chi connectivity index (χ2v) is 9.73. The minimum absolute atomic E-state index is 0.0125. The molecule has 1 amide bonds. The largest absolute Gasteiger partial charge is 0.492 e. The first-order chi connectivity index (χ1) is 18.3. The van der Waals surface area contributed by atoms with Crippen LogP contribution in [-0.2, 0) is 25.7 Å². The Morgan fingerprint density at radius 3 is 2.58 bits per heavy atom. The molecule has 0 bridgehead atoms. The summed E-state index contributed by atoms with van der Waals surface area (Å²) in [6.07, 6.45) is 1.09. The minimum Gasteiger partial charge on any atom is -0.492 e. The number of carbonyl (C=O) groups excluding carboxylic acids is 2. The lowest BCUT2D eigenvalue weighted by Crippen LogP contribution is -2.54. The first-order valence-corrected chi connectivity index (χ1v) is 13.1. The van der Waals surface area contributed by atoms with E-state index in [1.165, 1.54) is 0 Å². The van der Waals surface area contributed by atoms with Gasteiger partial charge in [0.25, 0.3) is 0 Å². The fourth-order valence-corrected chi connectivity index (χ4v) is 4.41. The molecule has 1 aliphatic rings. The van der Waals surface area contributed by atoms with Crippen molar-refractivity contribution in [2.24, 2.45) is 0 Å². The maximum absolute atomic E-state index is 12.5. The number of methoxy groups -OCH3 is 1. The Morgan fingerprint density at radius 1 is 1.16 bits per heavy atom. The van der Waals surface area contributed by atoms with Crippen molar-refractivity contribution < 1.29 is 23.8 Å². The molecule has 0 aliphatic carbocycles. The summed E-state index contributed by atoms with van der Waals surface area (Å²) in [7, 11) is 1.59. The highest BCUT2D eigenvalue weighted by atomic mass is 16.5. The van der Waals surface area contributed by atoms with Gasteiger partial charge in [-0.3, -0.25) is 9.59 Å². The van der Waals surface area contributed by atoms with E-state index in [-0.39, 0.29) is 36.9 Å². The van der Waals surface area contributed by atoms with Gasteiger partial charge in [0.15, 0.2) is 0 Å². The maximum atomic E-state index is 12.5. The molecule has 1 aromatic carbocycles. The van der Waals surface area contributed by atoms with E-state index in [2.05, 4.69) is 11.0 Å². The van der Waals surface area contributed by atoms with Crippen LogP contribution in [0.5, 0.6) is 5.75 Å². The van der Waals surface area contributed by atoms with Crippen molar-refractivity contribution in [2.75, 3.05) is 44.9 Å². The molecule has 9 nitrogen and oxygen atoms in total. The fourth-order valence-electron chi connectivity index (χ4n) is 4.41. The smallest absolute Gasteiger partial charge is 0.306 e. The van der Waals surface area contributed by atoms with Crippen LogP contribution in [0, 0.1) is 11.3 Å². The van der Waals surface area contributed by atoms with E-state index in [9.17, 15) is 14.9 Å². The van der Waals surface area contributed by atoms with Gasteiger partial charge in [0.2, 0.25) is 5.91 Å². The second kappa shape index (κ2) is 14.3. The molecule has 1 aliphatic heterocycles. The number of pyridine rings is 1. The van der Waals surface area contributed by atoms with Gasteiger partial charge in [-0.25, -0.2) is 4.98 Å². The summed E-state index contributed by atoms with van der Waals surface area (Å²) in [6, 6.07) is 13.5. The van der Waals surface area contributed by atoms with Crippen LogP contribution in [0.4, 0.5) is 5.82 Å². The Morgan fingerprint density at radius 2 is 1.92 bits per heavy atom. The third-order valence-corrected chi connectivity index (χ3v) is 6.46. The van der Waals surface area contributed by atoms with Crippen molar-refractivity contribution in [3.8, 4) is 11.8 Å². The van der Waals surface area contributed by atoms with Crippen LogP contribution in [0.3, 0.4) is 0 Å². The first kappa shape index (κ1) is 28.9. The summed E-state index contributed by atoms with van der Waals surface area (Å²) in [5.74, 6) is 1.04. The Kier molecular flexibility index (Phi) is 10.9. The number of piperazine rings is 1. The van der Waals surface area contributed by atoms with Gasteiger partial charge in [-0.05, 0) is 24.8 Å². The van der Waals surface area contributed by atoms with Crippen molar-refractivity contribution in [3.05, 3.63) is 53.2 Å². The molecule has 9 heteroatoms. The third kappa shape index (κ3) is 7.93. The SMILES string of the molecule is COCCC(=O)N1CCN(c2nc(C(C)C)c(OCCCC(=O)OCc3ccccc3)cc2C#N)C[C@H]1C. The molecular weight excluding hydrogens is 484 g/mol. The van der Waals surface area contributed by atoms with Crippen LogP contribution in [-0.4, -0.2) is 67.8 Å². The first-order valence-electron chi connectivity index (χ1n) is 13.1. The molecule has 2 aromatic rings. The molecule has 38 heavy (non-hydrogen) atoms. The molecule has 0 spiro atoms. The van der Waals surface area contributed by atoms with Crippen LogP contribution in [0.15, 0.2) is 36.4 Å². The van der Waals surface area contributed by atoms with Crippen molar-refractivity contribution in [1.29, 1.82) is 5.26 Å². The lowest BCUT2D eigenvalue weighted by Gasteiger charge is -2.41. The summed E-state index contributed by atoms with van der Waals surface area (Å²) in [4.78, 5) is 33.4. The van der Waals surface area contributed by atoms with E-state index in [0.717, 1.165) is 11.3 Å². The highest BCUT2D eigenvalue weighted by Gasteiger charge is 2.30. The average Bonchev–Trinajstić information content (AvgIpc) is 2.92. The van der Waals surface area contributed by atoms with Crippen LogP contribution >= 0.6 is 0 Å².